The van der Waals surface area contributed by atoms with Crippen molar-refractivity contribution in [2.45, 2.75) is 31.2 Å². The molecular formula is C8H12Cl2O2. The van der Waals surface area contributed by atoms with Crippen LogP contribution in [0.3, 0.4) is 0 Å². The third-order valence-corrected chi connectivity index (χ3v) is 1.34. The van der Waals surface area contributed by atoms with Crippen molar-refractivity contribution in [1.29, 1.82) is 0 Å². The highest BCUT2D eigenvalue weighted by molar-refractivity contribution is 6.44. The van der Waals surface area contributed by atoms with E-state index in [4.69, 9.17) is 27.9 Å². The van der Waals surface area contributed by atoms with E-state index in [-0.39, 0.29) is 12.5 Å². The highest BCUT2D eigenvalue weighted by Gasteiger charge is 2.12. The summed E-state index contributed by atoms with van der Waals surface area (Å²) in [4.78, 5) is 10.5. The van der Waals surface area contributed by atoms with E-state index in [0.717, 1.165) is 0 Å². The molecule has 0 aliphatic carbocycles. The van der Waals surface area contributed by atoms with E-state index in [1.807, 2.05) is 0 Å². The van der Waals surface area contributed by atoms with Gasteiger partial charge in [0.2, 0.25) is 0 Å². The molecule has 0 saturated heterocycles. The van der Waals surface area contributed by atoms with Crippen molar-refractivity contribution in [3.8, 4) is 0 Å². The summed E-state index contributed by atoms with van der Waals surface area (Å²) in [6.45, 7) is 7.04. The van der Waals surface area contributed by atoms with Crippen LogP contribution in [-0.2, 0) is 9.53 Å². The number of carbonyl (C=O) groups excluding carboxylic acids is 1. The molecule has 0 aromatic carbocycles. The van der Waals surface area contributed by atoms with Crippen LogP contribution < -0.4 is 0 Å². The van der Waals surface area contributed by atoms with Gasteiger partial charge in [-0.25, -0.2) is 4.79 Å². The van der Waals surface area contributed by atoms with E-state index in [2.05, 4.69) is 6.58 Å². The van der Waals surface area contributed by atoms with Gasteiger partial charge in [0, 0.05) is 12.0 Å². The van der Waals surface area contributed by atoms with Gasteiger partial charge in [0.1, 0.15) is 4.84 Å². The molecular weight excluding hydrogens is 199 g/mol. The normalized spacial score (nSPS) is 10.5. The first-order valence-corrected chi connectivity index (χ1v) is 4.47. The van der Waals surface area contributed by atoms with Crippen LogP contribution in [0.5, 0.6) is 0 Å². The fraction of sp³-hybridized carbons (Fsp3) is 0.625. The summed E-state index contributed by atoms with van der Waals surface area (Å²) in [6, 6.07) is 0. The van der Waals surface area contributed by atoms with Crippen LogP contribution in [0.4, 0.5) is 0 Å². The lowest BCUT2D eigenvalue weighted by atomic mass is 10.2. The van der Waals surface area contributed by atoms with Crippen molar-refractivity contribution < 1.29 is 9.53 Å². The zero-order valence-electron chi connectivity index (χ0n) is 7.14. The molecule has 0 bridgehead atoms. The van der Waals surface area contributed by atoms with Crippen molar-refractivity contribution in [3.63, 3.8) is 0 Å². The minimum absolute atomic E-state index is 0.140. The average Bonchev–Trinajstić information content (AvgIpc) is 1.84. The summed E-state index contributed by atoms with van der Waals surface area (Å²) in [7, 11) is 0. The van der Waals surface area contributed by atoms with Gasteiger partial charge < -0.3 is 4.74 Å². The van der Waals surface area contributed by atoms with Crippen LogP contribution in [0, 0.1) is 0 Å². The van der Waals surface area contributed by atoms with Crippen molar-refractivity contribution in [2.75, 3.05) is 0 Å². The minimum Gasteiger partial charge on any atom is -0.460 e. The second-order valence-electron chi connectivity index (χ2n) is 2.65. The summed E-state index contributed by atoms with van der Waals surface area (Å²) in [5.41, 5.74) is 0.304. The van der Waals surface area contributed by atoms with Gasteiger partial charge in [-0.1, -0.05) is 6.58 Å². The molecule has 70 valence electrons. The fourth-order valence-corrected chi connectivity index (χ4v) is 0.940. The largest absolute Gasteiger partial charge is 0.460 e. The lowest BCUT2D eigenvalue weighted by molar-refractivity contribution is -0.142. The van der Waals surface area contributed by atoms with Crippen LogP contribution in [0.2, 0.25) is 0 Å². The van der Waals surface area contributed by atoms with Crippen LogP contribution in [0.25, 0.3) is 0 Å². The van der Waals surface area contributed by atoms with E-state index in [0.29, 0.717) is 5.57 Å². The quantitative estimate of drug-likeness (QED) is 0.406. The van der Waals surface area contributed by atoms with Crippen molar-refractivity contribution in [2.24, 2.45) is 0 Å². The molecule has 0 aliphatic rings. The molecule has 2 nitrogen and oxygen atoms in total. The molecule has 0 fully saturated rings. The second kappa shape index (κ2) is 5.44. The molecule has 0 aromatic rings. The van der Waals surface area contributed by atoms with E-state index in [1.54, 1.807) is 13.8 Å². The Bertz CT molecular complexity index is 156. The Balaban J connectivity index is 3.86. The number of halogens is 2. The molecule has 0 spiro atoms. The molecule has 0 atom stereocenters. The second-order valence-corrected chi connectivity index (χ2v) is 3.93. The maximum absolute atomic E-state index is 11.0. The summed E-state index contributed by atoms with van der Waals surface area (Å²) >= 11 is 10.9. The zero-order chi connectivity index (χ0) is 9.72. The maximum Gasteiger partial charge on any atom is 0.333 e. The minimum atomic E-state index is -0.600. The third kappa shape index (κ3) is 5.44. The summed E-state index contributed by atoms with van der Waals surface area (Å²) in [6.07, 6.45) is 0.104. The Labute approximate surface area is 82.5 Å². The van der Waals surface area contributed by atoms with Crippen molar-refractivity contribution in [3.05, 3.63) is 12.2 Å². The van der Waals surface area contributed by atoms with Gasteiger partial charge in [-0.3, -0.25) is 0 Å². The predicted octanol–water partition coefficient (Wildman–Crippen LogP) is 2.69. The molecule has 4 heteroatoms. The third-order valence-electron chi connectivity index (χ3n) is 1.03. The topological polar surface area (TPSA) is 26.3 Å². The summed E-state index contributed by atoms with van der Waals surface area (Å²) in [5.74, 6) is -0.434. The van der Waals surface area contributed by atoms with Gasteiger partial charge >= 0.3 is 5.97 Å². The molecule has 0 unspecified atom stereocenters. The Morgan fingerprint density at radius 1 is 1.50 bits per heavy atom. The van der Waals surface area contributed by atoms with Crippen LogP contribution in [0.15, 0.2) is 12.2 Å². The molecule has 0 aromatic heterocycles. The lowest BCUT2D eigenvalue weighted by Crippen LogP contribution is -2.14. The number of alkyl halides is 2. The number of esters is 1. The van der Waals surface area contributed by atoms with Crippen LogP contribution >= 0.6 is 23.2 Å². The van der Waals surface area contributed by atoms with Gasteiger partial charge in [0.05, 0.1) is 6.10 Å². The zero-order valence-corrected chi connectivity index (χ0v) is 8.65. The number of carbonyl (C=O) groups is 1. The van der Waals surface area contributed by atoms with E-state index < -0.39 is 10.8 Å². The van der Waals surface area contributed by atoms with Gasteiger partial charge in [-0.05, 0) is 13.8 Å². The Morgan fingerprint density at radius 2 is 2.00 bits per heavy atom. The first-order chi connectivity index (χ1) is 5.43. The van der Waals surface area contributed by atoms with Crippen molar-refractivity contribution >= 4 is 29.2 Å². The molecule has 0 amide bonds. The molecule has 0 rings (SSSR count). The first kappa shape index (κ1) is 11.8. The molecule has 0 saturated carbocycles. The fourth-order valence-electron chi connectivity index (χ4n) is 0.567. The summed E-state index contributed by atoms with van der Waals surface area (Å²) < 4.78 is 4.86. The van der Waals surface area contributed by atoms with Crippen LogP contribution in [-0.4, -0.2) is 16.9 Å². The molecule has 0 aliphatic heterocycles. The monoisotopic (exact) mass is 210 g/mol. The highest BCUT2D eigenvalue weighted by atomic mass is 35.5. The number of hydrogen-bond donors (Lipinski definition) is 0. The molecule has 0 N–H and O–H groups in total. The highest BCUT2D eigenvalue weighted by Crippen LogP contribution is 2.14. The lowest BCUT2D eigenvalue weighted by Gasteiger charge is -2.09. The molecule has 12 heavy (non-hydrogen) atoms. The maximum atomic E-state index is 11.0. The smallest absolute Gasteiger partial charge is 0.333 e. The Hall–Kier alpha value is -0.210. The van der Waals surface area contributed by atoms with Gasteiger partial charge in [0.15, 0.2) is 0 Å². The number of hydrogen-bond acceptors (Lipinski definition) is 2. The Morgan fingerprint density at radius 3 is 2.33 bits per heavy atom. The SMILES string of the molecule is C=C(CC(Cl)Cl)C(=O)OC(C)C. The standard InChI is InChI=1S/C8H12Cl2O2/c1-5(2)12-8(11)6(3)4-7(9)10/h5,7H,3-4H2,1-2H3. The van der Waals surface area contributed by atoms with Crippen molar-refractivity contribution in [1.82, 2.24) is 0 Å². The average molecular weight is 211 g/mol. The van der Waals surface area contributed by atoms with Gasteiger partial charge in [-0.2, -0.15) is 0 Å². The Kier molecular flexibility index (Phi) is 5.34. The van der Waals surface area contributed by atoms with Gasteiger partial charge in [-0.15, -0.1) is 23.2 Å². The van der Waals surface area contributed by atoms with E-state index in [1.165, 1.54) is 0 Å². The van der Waals surface area contributed by atoms with E-state index in [9.17, 15) is 4.79 Å². The van der Waals surface area contributed by atoms with Crippen LogP contribution in [0.1, 0.15) is 20.3 Å². The van der Waals surface area contributed by atoms with Gasteiger partial charge in [0.25, 0.3) is 0 Å². The molecule has 0 heterocycles. The number of ether oxygens (including phenoxy) is 1. The number of rotatable bonds is 4. The van der Waals surface area contributed by atoms with E-state index >= 15 is 0 Å². The first-order valence-electron chi connectivity index (χ1n) is 3.60. The predicted molar refractivity (Wildman–Crippen MR) is 50.5 cm³/mol. The molecule has 0 radical (unpaired) electrons. The summed E-state index contributed by atoms with van der Waals surface area (Å²) in [5, 5.41) is 0.